The Hall–Kier alpha value is -3.96. The Morgan fingerprint density at radius 3 is 2.51 bits per heavy atom. The molecule has 5 aromatic rings. The molecule has 0 N–H and O–H groups in total. The third kappa shape index (κ3) is 4.31. The minimum absolute atomic E-state index is 0.596. The second-order valence-corrected chi connectivity index (χ2v) is 9.58. The van der Waals surface area contributed by atoms with Gasteiger partial charge in [-0.15, -0.1) is 0 Å². The minimum Gasteiger partial charge on any atom is -0.492 e. The van der Waals surface area contributed by atoms with Gasteiger partial charge in [0.2, 0.25) is 11.2 Å². The van der Waals surface area contributed by atoms with Crippen LogP contribution in [-0.2, 0) is 7.05 Å². The molecule has 0 saturated heterocycles. The Balaban J connectivity index is 1.36. The lowest BCUT2D eigenvalue weighted by Gasteiger charge is -2.21. The van der Waals surface area contributed by atoms with Crippen molar-refractivity contribution in [1.82, 2.24) is 4.57 Å². The monoisotopic (exact) mass is 476 g/mol. The van der Waals surface area contributed by atoms with Crippen LogP contribution in [0.3, 0.4) is 0 Å². The number of aromatic nitrogens is 2. The van der Waals surface area contributed by atoms with Crippen LogP contribution in [0.5, 0.6) is 5.75 Å². The molecule has 35 heavy (non-hydrogen) atoms. The lowest BCUT2D eigenvalue weighted by Crippen LogP contribution is -2.33. The average molecular weight is 477 g/mol. The summed E-state index contributed by atoms with van der Waals surface area (Å²) in [4.78, 5) is 3.64. The molecular formula is C30H26N3OS+. The fraction of sp³-hybridized carbons (Fsp3) is 0.100. The first kappa shape index (κ1) is 21.6. The first-order chi connectivity index (χ1) is 17.3. The minimum atomic E-state index is 0.596. The number of ether oxygens (including phenoxy) is 1. The lowest BCUT2D eigenvalue weighted by molar-refractivity contribution is -0.646. The summed E-state index contributed by atoms with van der Waals surface area (Å²) in [5.74, 6) is 0.895. The van der Waals surface area contributed by atoms with Gasteiger partial charge in [-0.3, -0.25) is 0 Å². The standard InChI is InChI=1S/C30H26N3OS/c1-31-24(14-13-23-9-5-6-12-27(23)31)22-30-33(19-20-34-26-10-3-2-4-11-26)28-21-25(15-16-29(28)35-30)32-17-7-8-18-32/h2-18,21-22H,19-20H2,1H3/q+1. The van der Waals surface area contributed by atoms with Gasteiger partial charge in [0, 0.05) is 46.6 Å². The zero-order chi connectivity index (χ0) is 23.6. The van der Waals surface area contributed by atoms with Gasteiger partial charge < -0.3 is 14.2 Å². The SMILES string of the molecule is C[n+]1c(C=C2Sc3ccc(-n4cccc4)cc3N2CCOc2ccccc2)ccc2ccccc21. The number of aryl methyl sites for hydroxylation is 1. The lowest BCUT2D eigenvalue weighted by atomic mass is 10.2. The third-order valence-corrected chi connectivity index (χ3v) is 7.45. The van der Waals surface area contributed by atoms with Gasteiger partial charge in [-0.1, -0.05) is 42.1 Å². The molecule has 0 aliphatic carbocycles. The molecule has 0 amide bonds. The smallest absolute Gasteiger partial charge is 0.212 e. The quantitative estimate of drug-likeness (QED) is 0.263. The van der Waals surface area contributed by atoms with Crippen molar-refractivity contribution in [3.05, 3.63) is 120 Å². The molecule has 0 saturated carbocycles. The van der Waals surface area contributed by atoms with Gasteiger partial charge in [0.25, 0.3) is 0 Å². The molecule has 2 aromatic heterocycles. The molecule has 0 unspecified atom stereocenters. The maximum Gasteiger partial charge on any atom is 0.212 e. The normalized spacial score (nSPS) is 14.0. The van der Waals surface area contributed by atoms with E-state index < -0.39 is 0 Å². The van der Waals surface area contributed by atoms with E-state index >= 15 is 0 Å². The molecule has 4 nitrogen and oxygen atoms in total. The average Bonchev–Trinajstić information content (AvgIpc) is 3.55. The van der Waals surface area contributed by atoms with Gasteiger partial charge >= 0.3 is 0 Å². The van der Waals surface area contributed by atoms with E-state index in [1.54, 1.807) is 0 Å². The van der Waals surface area contributed by atoms with E-state index in [1.807, 2.05) is 42.1 Å². The second-order valence-electron chi connectivity index (χ2n) is 8.52. The highest BCUT2D eigenvalue weighted by Gasteiger charge is 2.27. The number of fused-ring (bicyclic) bond motifs is 2. The van der Waals surface area contributed by atoms with Crippen molar-refractivity contribution in [1.29, 1.82) is 0 Å². The Kier molecular flexibility index (Phi) is 5.76. The molecule has 3 heterocycles. The van der Waals surface area contributed by atoms with Crippen LogP contribution in [0.1, 0.15) is 5.69 Å². The number of anilines is 1. The number of hydrogen-bond acceptors (Lipinski definition) is 3. The molecule has 1 aliphatic heterocycles. The number of nitrogens with zero attached hydrogens (tertiary/aromatic N) is 3. The topological polar surface area (TPSA) is 21.3 Å². The fourth-order valence-corrected chi connectivity index (χ4v) is 5.61. The Bertz CT molecular complexity index is 1510. The van der Waals surface area contributed by atoms with Crippen molar-refractivity contribution < 1.29 is 9.30 Å². The predicted octanol–water partition coefficient (Wildman–Crippen LogP) is 6.44. The first-order valence-electron chi connectivity index (χ1n) is 11.8. The van der Waals surface area contributed by atoms with Crippen LogP contribution in [0.15, 0.2) is 119 Å². The zero-order valence-electron chi connectivity index (χ0n) is 19.5. The van der Waals surface area contributed by atoms with Gasteiger partial charge in [-0.25, -0.2) is 0 Å². The molecule has 0 bridgehead atoms. The highest BCUT2D eigenvalue weighted by atomic mass is 32.2. The summed E-state index contributed by atoms with van der Waals surface area (Å²) >= 11 is 1.81. The Morgan fingerprint density at radius 1 is 0.857 bits per heavy atom. The number of para-hydroxylation sites is 2. The number of benzene rings is 3. The highest BCUT2D eigenvalue weighted by molar-refractivity contribution is 8.03. The van der Waals surface area contributed by atoms with Crippen molar-refractivity contribution in [3.63, 3.8) is 0 Å². The van der Waals surface area contributed by atoms with Gasteiger partial charge in [0.15, 0.2) is 0 Å². The van der Waals surface area contributed by atoms with Crippen LogP contribution in [0, 0.1) is 0 Å². The van der Waals surface area contributed by atoms with Crippen LogP contribution < -0.4 is 14.2 Å². The highest BCUT2D eigenvalue weighted by Crippen LogP contribution is 2.47. The Labute approximate surface area is 209 Å². The van der Waals surface area contributed by atoms with Crippen molar-refractivity contribution in [2.24, 2.45) is 7.05 Å². The van der Waals surface area contributed by atoms with Gasteiger partial charge in [0.1, 0.15) is 19.4 Å². The van der Waals surface area contributed by atoms with E-state index in [9.17, 15) is 0 Å². The largest absolute Gasteiger partial charge is 0.492 e. The number of pyridine rings is 1. The molecule has 0 fully saturated rings. The zero-order valence-corrected chi connectivity index (χ0v) is 20.4. The van der Waals surface area contributed by atoms with E-state index in [1.165, 1.54) is 32.2 Å². The van der Waals surface area contributed by atoms with Crippen LogP contribution in [0.4, 0.5) is 5.69 Å². The summed E-state index contributed by atoms with van der Waals surface area (Å²) in [6.07, 6.45) is 6.45. The van der Waals surface area contributed by atoms with Crippen molar-refractivity contribution in [3.8, 4) is 11.4 Å². The second kappa shape index (κ2) is 9.35. The van der Waals surface area contributed by atoms with Gasteiger partial charge in [0.05, 0.1) is 17.3 Å². The van der Waals surface area contributed by atoms with Crippen LogP contribution in [0.25, 0.3) is 22.7 Å². The van der Waals surface area contributed by atoms with E-state index in [4.69, 9.17) is 4.74 Å². The van der Waals surface area contributed by atoms with Crippen molar-refractivity contribution in [2.45, 2.75) is 4.90 Å². The van der Waals surface area contributed by atoms with E-state index in [0.29, 0.717) is 6.61 Å². The van der Waals surface area contributed by atoms with Gasteiger partial charge in [-0.2, -0.15) is 4.57 Å². The van der Waals surface area contributed by atoms with E-state index in [0.717, 1.165) is 18.0 Å². The third-order valence-electron chi connectivity index (χ3n) is 6.33. The molecule has 6 rings (SSSR count). The van der Waals surface area contributed by atoms with Crippen molar-refractivity contribution in [2.75, 3.05) is 18.1 Å². The molecular weight excluding hydrogens is 450 g/mol. The maximum absolute atomic E-state index is 6.08. The number of rotatable bonds is 6. The summed E-state index contributed by atoms with van der Waals surface area (Å²) in [6.45, 7) is 1.35. The summed E-state index contributed by atoms with van der Waals surface area (Å²) in [7, 11) is 2.13. The molecule has 0 atom stereocenters. The van der Waals surface area contributed by atoms with Crippen LogP contribution in [0.2, 0.25) is 0 Å². The van der Waals surface area contributed by atoms with Crippen molar-refractivity contribution >= 4 is 34.4 Å². The molecule has 3 aromatic carbocycles. The molecule has 0 radical (unpaired) electrons. The van der Waals surface area contributed by atoms with Crippen LogP contribution >= 0.6 is 11.8 Å². The molecule has 5 heteroatoms. The molecule has 172 valence electrons. The van der Waals surface area contributed by atoms with E-state index in [2.05, 4.69) is 106 Å². The Morgan fingerprint density at radius 2 is 1.66 bits per heavy atom. The number of hydrogen-bond donors (Lipinski definition) is 0. The first-order valence-corrected chi connectivity index (χ1v) is 12.6. The summed E-state index contributed by atoms with van der Waals surface area (Å²) < 4.78 is 10.5. The van der Waals surface area contributed by atoms with E-state index in [-0.39, 0.29) is 0 Å². The number of thioether (sulfide) groups is 1. The predicted molar refractivity (Wildman–Crippen MR) is 144 cm³/mol. The summed E-state index contributed by atoms with van der Waals surface area (Å²) in [6, 6.07) is 33.7. The summed E-state index contributed by atoms with van der Waals surface area (Å²) in [5, 5.41) is 2.44. The van der Waals surface area contributed by atoms with Crippen LogP contribution in [-0.4, -0.2) is 17.7 Å². The maximum atomic E-state index is 6.08. The molecule has 0 spiro atoms. The van der Waals surface area contributed by atoms with Gasteiger partial charge in [-0.05, 0) is 54.6 Å². The summed E-state index contributed by atoms with van der Waals surface area (Å²) in [5.41, 5.74) is 4.75. The molecule has 1 aliphatic rings. The fourth-order valence-electron chi connectivity index (χ4n) is 4.50.